The second-order valence-electron chi connectivity index (χ2n) is 6.89. The largest absolute Gasteiger partial charge is 0.497 e. The molecule has 5 nitrogen and oxygen atoms in total. The van der Waals surface area contributed by atoms with E-state index in [1.165, 1.54) is 0 Å². The minimum atomic E-state index is -0.758. The van der Waals surface area contributed by atoms with Gasteiger partial charge in [0.2, 0.25) is 0 Å². The van der Waals surface area contributed by atoms with E-state index in [1.807, 2.05) is 32.0 Å². The monoisotopic (exact) mass is 333 g/mol. The van der Waals surface area contributed by atoms with Gasteiger partial charge in [0.25, 0.3) is 0 Å². The number of nitrogens with one attached hydrogen (secondary N) is 1. The maximum atomic E-state index is 12.0. The van der Waals surface area contributed by atoms with Crippen molar-refractivity contribution in [3.8, 4) is 5.75 Å². The molecule has 0 radical (unpaired) electrons. The van der Waals surface area contributed by atoms with Crippen LogP contribution in [0.1, 0.15) is 31.4 Å². The Bertz CT molecular complexity index is 591. The van der Waals surface area contributed by atoms with E-state index in [4.69, 9.17) is 4.74 Å². The Hall–Kier alpha value is -1.88. The summed E-state index contributed by atoms with van der Waals surface area (Å²) in [6, 6.07) is 5.68. The molecule has 2 rings (SSSR count). The van der Waals surface area contributed by atoms with Crippen molar-refractivity contribution >= 4 is 11.8 Å². The predicted octanol–water partition coefficient (Wildman–Crippen LogP) is 2.32. The van der Waals surface area contributed by atoms with Crippen LogP contribution < -0.4 is 10.1 Å². The van der Waals surface area contributed by atoms with Gasteiger partial charge >= 0.3 is 5.97 Å². The number of hydrogen-bond donors (Lipinski definition) is 2. The first-order valence-corrected chi connectivity index (χ1v) is 8.53. The molecule has 1 aliphatic heterocycles. The molecule has 2 unspecified atom stereocenters. The summed E-state index contributed by atoms with van der Waals surface area (Å²) in [6.45, 7) is 5.40. The zero-order valence-corrected chi connectivity index (χ0v) is 14.7. The number of ketones is 1. The summed E-state index contributed by atoms with van der Waals surface area (Å²) in [5.74, 6) is -0.200. The van der Waals surface area contributed by atoms with Crippen molar-refractivity contribution in [2.45, 2.75) is 33.1 Å². The summed E-state index contributed by atoms with van der Waals surface area (Å²) in [4.78, 5) is 23.7. The number of aliphatic carboxylic acids is 1. The summed E-state index contributed by atoms with van der Waals surface area (Å²) < 4.78 is 5.33. The molecule has 1 aromatic rings. The van der Waals surface area contributed by atoms with Crippen LogP contribution in [0.5, 0.6) is 5.75 Å². The third kappa shape index (κ3) is 4.81. The first-order chi connectivity index (χ1) is 11.4. The number of hydrogen-bond acceptors (Lipinski definition) is 4. The zero-order valence-electron chi connectivity index (χ0n) is 14.7. The lowest BCUT2D eigenvalue weighted by atomic mass is 9.85. The van der Waals surface area contributed by atoms with E-state index in [0.717, 1.165) is 30.6 Å². The Morgan fingerprint density at radius 1 is 1.29 bits per heavy atom. The van der Waals surface area contributed by atoms with Crippen LogP contribution in [-0.4, -0.2) is 37.1 Å². The van der Waals surface area contributed by atoms with Crippen molar-refractivity contribution in [2.24, 2.45) is 17.8 Å². The van der Waals surface area contributed by atoms with Crippen molar-refractivity contribution in [3.05, 3.63) is 29.3 Å². The van der Waals surface area contributed by atoms with Crippen molar-refractivity contribution in [1.82, 2.24) is 5.32 Å². The van der Waals surface area contributed by atoms with E-state index in [1.54, 1.807) is 7.11 Å². The van der Waals surface area contributed by atoms with Crippen LogP contribution in [0, 0.1) is 17.8 Å². The van der Waals surface area contributed by atoms with Gasteiger partial charge < -0.3 is 15.2 Å². The van der Waals surface area contributed by atoms with Crippen LogP contribution in [-0.2, 0) is 22.4 Å². The van der Waals surface area contributed by atoms with Crippen molar-refractivity contribution in [3.63, 3.8) is 0 Å². The van der Waals surface area contributed by atoms with Crippen molar-refractivity contribution in [2.75, 3.05) is 20.2 Å². The topological polar surface area (TPSA) is 75.6 Å². The highest BCUT2D eigenvalue weighted by Gasteiger charge is 2.30. The number of methoxy groups -OCH3 is 1. The van der Waals surface area contributed by atoms with Gasteiger partial charge in [-0.15, -0.1) is 0 Å². The molecule has 1 aliphatic rings. The second kappa shape index (κ2) is 8.29. The Kier molecular flexibility index (Phi) is 6.37. The molecule has 1 aromatic carbocycles. The molecule has 0 aromatic heterocycles. The number of carboxylic acids is 1. The van der Waals surface area contributed by atoms with E-state index in [-0.39, 0.29) is 17.6 Å². The van der Waals surface area contributed by atoms with Gasteiger partial charge in [-0.05, 0) is 55.1 Å². The third-order valence-corrected chi connectivity index (χ3v) is 4.72. The Morgan fingerprint density at radius 2 is 2.00 bits per heavy atom. The Balaban J connectivity index is 2.21. The number of rotatable bonds is 8. The predicted molar refractivity (Wildman–Crippen MR) is 92.3 cm³/mol. The third-order valence-electron chi connectivity index (χ3n) is 4.72. The van der Waals surface area contributed by atoms with Gasteiger partial charge in [-0.25, -0.2) is 0 Å². The lowest BCUT2D eigenvalue weighted by Crippen LogP contribution is -2.27. The van der Waals surface area contributed by atoms with E-state index < -0.39 is 11.9 Å². The standard InChI is InChI=1S/C19H27NO4/c1-12(2)18(21)10-14-6-13(7-16(8-14)24-3)9-17(19(22)23)15-4-5-20-11-15/h6-8,12,15,17,20H,4-5,9-11H2,1-3H3,(H,22,23). The molecule has 0 aliphatic carbocycles. The highest BCUT2D eigenvalue weighted by molar-refractivity contribution is 5.82. The summed E-state index contributed by atoms with van der Waals surface area (Å²) in [7, 11) is 1.59. The number of benzene rings is 1. The van der Waals surface area contributed by atoms with Crippen LogP contribution in [0.2, 0.25) is 0 Å². The van der Waals surface area contributed by atoms with Gasteiger partial charge in [-0.3, -0.25) is 9.59 Å². The average molecular weight is 333 g/mol. The number of carbonyl (C=O) groups is 2. The summed E-state index contributed by atoms with van der Waals surface area (Å²) in [5.41, 5.74) is 1.80. The molecule has 132 valence electrons. The van der Waals surface area contributed by atoms with Crippen molar-refractivity contribution < 1.29 is 19.4 Å². The van der Waals surface area contributed by atoms with E-state index >= 15 is 0 Å². The molecule has 1 heterocycles. The molecule has 0 bridgehead atoms. The van der Waals surface area contributed by atoms with E-state index in [2.05, 4.69) is 5.32 Å². The Labute approximate surface area is 143 Å². The molecule has 1 fully saturated rings. The van der Waals surface area contributed by atoms with E-state index in [9.17, 15) is 14.7 Å². The molecule has 24 heavy (non-hydrogen) atoms. The van der Waals surface area contributed by atoms with Gasteiger partial charge in [0.15, 0.2) is 0 Å². The summed E-state index contributed by atoms with van der Waals surface area (Å²) in [5, 5.41) is 12.8. The molecule has 1 saturated heterocycles. The van der Waals surface area contributed by atoms with Crippen LogP contribution in [0.15, 0.2) is 18.2 Å². The quantitative estimate of drug-likeness (QED) is 0.763. The molecule has 2 atom stereocenters. The highest BCUT2D eigenvalue weighted by Crippen LogP contribution is 2.26. The molecular formula is C19H27NO4. The van der Waals surface area contributed by atoms with Crippen LogP contribution in [0.3, 0.4) is 0 Å². The smallest absolute Gasteiger partial charge is 0.307 e. The van der Waals surface area contributed by atoms with E-state index in [0.29, 0.717) is 18.6 Å². The fourth-order valence-corrected chi connectivity index (χ4v) is 3.20. The Morgan fingerprint density at radius 3 is 2.54 bits per heavy atom. The van der Waals surface area contributed by atoms with Crippen LogP contribution >= 0.6 is 0 Å². The highest BCUT2D eigenvalue weighted by atomic mass is 16.5. The maximum Gasteiger partial charge on any atom is 0.307 e. The minimum Gasteiger partial charge on any atom is -0.497 e. The maximum absolute atomic E-state index is 12.0. The number of Topliss-reactive ketones (excluding diaryl/α,β-unsaturated/α-hetero) is 1. The minimum absolute atomic E-state index is 0.0176. The number of carbonyl (C=O) groups excluding carboxylic acids is 1. The fourth-order valence-electron chi connectivity index (χ4n) is 3.20. The van der Waals surface area contributed by atoms with Gasteiger partial charge in [0.05, 0.1) is 13.0 Å². The normalized spacial score (nSPS) is 18.6. The molecule has 0 saturated carbocycles. The first-order valence-electron chi connectivity index (χ1n) is 8.53. The van der Waals surface area contributed by atoms with Gasteiger partial charge in [0, 0.05) is 12.3 Å². The average Bonchev–Trinajstić information content (AvgIpc) is 3.05. The molecule has 5 heteroatoms. The van der Waals surface area contributed by atoms with Gasteiger partial charge in [-0.1, -0.05) is 19.9 Å². The lowest BCUT2D eigenvalue weighted by Gasteiger charge is -2.19. The lowest BCUT2D eigenvalue weighted by molar-refractivity contribution is -0.143. The fraction of sp³-hybridized carbons (Fsp3) is 0.579. The molecule has 0 amide bonds. The summed E-state index contributed by atoms with van der Waals surface area (Å²) in [6.07, 6.45) is 1.70. The van der Waals surface area contributed by atoms with Gasteiger partial charge in [-0.2, -0.15) is 0 Å². The van der Waals surface area contributed by atoms with Crippen LogP contribution in [0.25, 0.3) is 0 Å². The first kappa shape index (κ1) is 18.5. The number of carboxylic acid groups (broad SMARTS) is 1. The summed E-state index contributed by atoms with van der Waals surface area (Å²) >= 11 is 0. The SMILES string of the molecule is COc1cc(CC(=O)C(C)C)cc(CC(C(=O)O)C2CCNC2)c1. The molecule has 2 N–H and O–H groups in total. The molecular weight excluding hydrogens is 306 g/mol. The van der Waals surface area contributed by atoms with Crippen molar-refractivity contribution in [1.29, 1.82) is 0 Å². The zero-order chi connectivity index (χ0) is 17.7. The molecule has 0 spiro atoms. The van der Waals surface area contributed by atoms with Crippen LogP contribution in [0.4, 0.5) is 0 Å². The second-order valence-corrected chi connectivity index (χ2v) is 6.89. The van der Waals surface area contributed by atoms with Gasteiger partial charge in [0.1, 0.15) is 11.5 Å². The number of ether oxygens (including phenoxy) is 1.